The van der Waals surface area contributed by atoms with Crippen LogP contribution < -0.4 is 0 Å². The molecule has 0 radical (unpaired) electrons. The molecule has 3 nitrogen and oxygen atoms in total. The minimum atomic E-state index is -0.539. The molecule has 3 heteroatoms. The first-order valence-electron chi connectivity index (χ1n) is 5.35. The monoisotopic (exact) mass is 207 g/mol. The molecule has 0 saturated heterocycles. The second kappa shape index (κ2) is 4.97. The molecule has 1 aliphatic rings. The summed E-state index contributed by atoms with van der Waals surface area (Å²) in [5, 5.41) is 8.77. The molecule has 0 spiro atoms. The zero-order valence-electron chi connectivity index (χ0n) is 9.21. The molecule has 1 aliphatic carbocycles. The van der Waals surface area contributed by atoms with Crippen LogP contribution in [0.5, 0.6) is 0 Å². The summed E-state index contributed by atoms with van der Waals surface area (Å²) in [4.78, 5) is 11.5. The van der Waals surface area contributed by atoms with E-state index < -0.39 is 5.60 Å². The van der Waals surface area contributed by atoms with Crippen LogP contribution in [0.25, 0.3) is 0 Å². The van der Waals surface area contributed by atoms with E-state index in [9.17, 15) is 4.79 Å². The maximum Gasteiger partial charge on any atom is 0.333 e. The van der Waals surface area contributed by atoms with Crippen molar-refractivity contribution in [1.82, 2.24) is 0 Å². The molecule has 0 atom stereocenters. The number of nitrogens with zero attached hydrogens (tertiary/aromatic N) is 1. The van der Waals surface area contributed by atoms with E-state index in [0.717, 1.165) is 32.1 Å². The number of hydrogen-bond donors (Lipinski definition) is 0. The van der Waals surface area contributed by atoms with Crippen molar-refractivity contribution >= 4 is 5.97 Å². The Morgan fingerprint density at radius 2 is 2.07 bits per heavy atom. The average molecular weight is 207 g/mol. The molecular weight excluding hydrogens is 190 g/mol. The Morgan fingerprint density at radius 3 is 2.53 bits per heavy atom. The van der Waals surface area contributed by atoms with Crippen molar-refractivity contribution in [2.45, 2.75) is 51.0 Å². The van der Waals surface area contributed by atoms with Crippen molar-refractivity contribution < 1.29 is 9.53 Å². The number of hydrogen-bond acceptors (Lipinski definition) is 3. The fraction of sp³-hybridized carbons (Fsp3) is 0.667. The normalized spacial score (nSPS) is 18.9. The summed E-state index contributed by atoms with van der Waals surface area (Å²) in [5.74, 6) is -0.368. The molecule has 0 unspecified atom stereocenters. The van der Waals surface area contributed by atoms with Crippen molar-refractivity contribution in [3.63, 3.8) is 0 Å². The molecule has 0 aromatic rings. The molecule has 0 amide bonds. The number of nitriles is 1. The molecule has 0 aromatic carbocycles. The van der Waals surface area contributed by atoms with E-state index in [1.54, 1.807) is 6.92 Å². The van der Waals surface area contributed by atoms with Crippen molar-refractivity contribution in [3.8, 4) is 6.07 Å². The van der Waals surface area contributed by atoms with Gasteiger partial charge in [0.05, 0.1) is 12.5 Å². The number of carbonyl (C=O) groups excluding carboxylic acids is 1. The van der Waals surface area contributed by atoms with Crippen molar-refractivity contribution in [1.29, 1.82) is 5.26 Å². The molecular formula is C12H17NO2. The molecule has 0 bridgehead atoms. The highest BCUT2D eigenvalue weighted by Gasteiger charge is 2.35. The largest absolute Gasteiger partial charge is 0.455 e. The van der Waals surface area contributed by atoms with Crippen molar-refractivity contribution in [3.05, 3.63) is 12.2 Å². The van der Waals surface area contributed by atoms with Crippen LogP contribution in [-0.4, -0.2) is 11.6 Å². The fourth-order valence-corrected chi connectivity index (χ4v) is 1.94. The van der Waals surface area contributed by atoms with Crippen molar-refractivity contribution in [2.75, 3.05) is 0 Å². The molecule has 1 fully saturated rings. The third-order valence-electron chi connectivity index (χ3n) is 2.82. The third kappa shape index (κ3) is 3.09. The Bertz CT molecular complexity index is 295. The summed E-state index contributed by atoms with van der Waals surface area (Å²) in [6.07, 6.45) is 5.14. The van der Waals surface area contributed by atoms with Crippen LogP contribution in [0.3, 0.4) is 0 Å². The topological polar surface area (TPSA) is 50.1 Å². The van der Waals surface area contributed by atoms with Gasteiger partial charge in [0, 0.05) is 5.57 Å². The Morgan fingerprint density at radius 1 is 1.47 bits per heavy atom. The van der Waals surface area contributed by atoms with Crippen LogP contribution in [0.2, 0.25) is 0 Å². The van der Waals surface area contributed by atoms with Gasteiger partial charge in [-0.25, -0.2) is 4.79 Å². The van der Waals surface area contributed by atoms with Crippen LogP contribution in [-0.2, 0) is 9.53 Å². The fourth-order valence-electron chi connectivity index (χ4n) is 1.94. The summed E-state index contributed by atoms with van der Waals surface area (Å²) in [6.45, 7) is 5.18. The van der Waals surface area contributed by atoms with Gasteiger partial charge in [0.2, 0.25) is 0 Å². The van der Waals surface area contributed by atoms with Crippen LogP contribution in [0.15, 0.2) is 12.2 Å². The van der Waals surface area contributed by atoms with E-state index >= 15 is 0 Å². The number of esters is 1. The van der Waals surface area contributed by atoms with Gasteiger partial charge < -0.3 is 4.74 Å². The molecule has 0 aromatic heterocycles. The second-order valence-corrected chi connectivity index (χ2v) is 4.25. The van der Waals surface area contributed by atoms with Crippen LogP contribution in [0, 0.1) is 11.3 Å². The zero-order chi connectivity index (χ0) is 11.3. The van der Waals surface area contributed by atoms with E-state index in [2.05, 4.69) is 12.6 Å². The van der Waals surface area contributed by atoms with Gasteiger partial charge >= 0.3 is 5.97 Å². The lowest BCUT2D eigenvalue weighted by Gasteiger charge is -2.34. The van der Waals surface area contributed by atoms with Crippen molar-refractivity contribution in [2.24, 2.45) is 0 Å². The van der Waals surface area contributed by atoms with E-state index in [1.807, 2.05) is 0 Å². The molecule has 0 aliphatic heterocycles. The highest BCUT2D eigenvalue weighted by molar-refractivity contribution is 5.87. The number of rotatable bonds is 3. The maximum atomic E-state index is 11.5. The van der Waals surface area contributed by atoms with Crippen LogP contribution in [0.4, 0.5) is 0 Å². The zero-order valence-corrected chi connectivity index (χ0v) is 9.21. The Balaban J connectivity index is 2.68. The van der Waals surface area contributed by atoms with Gasteiger partial charge in [0.1, 0.15) is 5.60 Å². The van der Waals surface area contributed by atoms with E-state index in [4.69, 9.17) is 10.00 Å². The Hall–Kier alpha value is -1.30. The van der Waals surface area contributed by atoms with Gasteiger partial charge in [-0.15, -0.1) is 0 Å². The highest BCUT2D eigenvalue weighted by atomic mass is 16.6. The van der Waals surface area contributed by atoms with Crippen LogP contribution in [0.1, 0.15) is 45.4 Å². The lowest BCUT2D eigenvalue weighted by Crippen LogP contribution is -2.37. The predicted octanol–water partition coefficient (Wildman–Crippen LogP) is 2.72. The summed E-state index contributed by atoms with van der Waals surface area (Å²) < 4.78 is 5.42. The molecule has 0 heterocycles. The smallest absolute Gasteiger partial charge is 0.333 e. The quantitative estimate of drug-likeness (QED) is 0.528. The molecule has 82 valence electrons. The predicted molar refractivity (Wildman–Crippen MR) is 57.0 cm³/mol. The molecule has 1 rings (SSSR count). The second-order valence-electron chi connectivity index (χ2n) is 4.25. The minimum Gasteiger partial charge on any atom is -0.455 e. The van der Waals surface area contributed by atoms with Gasteiger partial charge in [-0.3, -0.25) is 0 Å². The molecule has 0 N–H and O–H groups in total. The van der Waals surface area contributed by atoms with Gasteiger partial charge in [-0.05, 0) is 32.6 Å². The SMILES string of the molecule is C=C(C)C(=O)OC1(CC#N)CCCCC1. The van der Waals surface area contributed by atoms with Gasteiger partial charge in [0.15, 0.2) is 0 Å². The Kier molecular flexibility index (Phi) is 3.90. The van der Waals surface area contributed by atoms with E-state index in [-0.39, 0.29) is 5.97 Å². The first kappa shape index (κ1) is 11.8. The van der Waals surface area contributed by atoms with Gasteiger partial charge in [-0.2, -0.15) is 5.26 Å². The summed E-state index contributed by atoms with van der Waals surface area (Å²) in [7, 11) is 0. The summed E-state index contributed by atoms with van der Waals surface area (Å²) in [6, 6.07) is 2.12. The maximum absolute atomic E-state index is 11.5. The summed E-state index contributed by atoms with van der Waals surface area (Å²) >= 11 is 0. The first-order chi connectivity index (χ1) is 7.09. The van der Waals surface area contributed by atoms with Gasteiger partial charge in [-0.1, -0.05) is 13.0 Å². The third-order valence-corrected chi connectivity index (χ3v) is 2.82. The minimum absolute atomic E-state index is 0.298. The summed E-state index contributed by atoms with van der Waals surface area (Å²) in [5.41, 5.74) is -0.138. The van der Waals surface area contributed by atoms with E-state index in [0.29, 0.717) is 12.0 Å². The molecule has 15 heavy (non-hydrogen) atoms. The molecule has 1 saturated carbocycles. The number of carbonyl (C=O) groups is 1. The standard InChI is InChI=1S/C12H17NO2/c1-10(2)11(14)15-12(8-9-13)6-4-3-5-7-12/h1,3-8H2,2H3. The van der Waals surface area contributed by atoms with E-state index in [1.165, 1.54) is 0 Å². The lowest BCUT2D eigenvalue weighted by molar-refractivity contribution is -0.157. The number of ether oxygens (including phenoxy) is 1. The highest BCUT2D eigenvalue weighted by Crippen LogP contribution is 2.34. The average Bonchev–Trinajstić information content (AvgIpc) is 2.19. The first-order valence-corrected chi connectivity index (χ1v) is 5.35. The Labute approximate surface area is 90.7 Å². The van der Waals surface area contributed by atoms with Gasteiger partial charge in [0.25, 0.3) is 0 Å². The van der Waals surface area contributed by atoms with Crippen LogP contribution >= 0.6 is 0 Å². The lowest BCUT2D eigenvalue weighted by atomic mass is 9.82.